The molecule has 0 spiro atoms. The van der Waals surface area contributed by atoms with Crippen molar-refractivity contribution in [2.24, 2.45) is 0 Å². The highest BCUT2D eigenvalue weighted by Crippen LogP contribution is 2.23. The van der Waals surface area contributed by atoms with Gasteiger partial charge in [-0.25, -0.2) is 12.8 Å². The lowest BCUT2D eigenvalue weighted by Gasteiger charge is -2.24. The van der Waals surface area contributed by atoms with Crippen LogP contribution >= 0.6 is 0 Å². The van der Waals surface area contributed by atoms with Gasteiger partial charge in [0.05, 0.1) is 4.90 Å². The van der Waals surface area contributed by atoms with E-state index in [0.717, 1.165) is 16.3 Å². The smallest absolute Gasteiger partial charge is 0.243 e. The van der Waals surface area contributed by atoms with Gasteiger partial charge in [-0.1, -0.05) is 42.5 Å². The summed E-state index contributed by atoms with van der Waals surface area (Å²) in [6.45, 7) is 1.19. The predicted octanol–water partition coefficient (Wildman–Crippen LogP) is 3.73. The molecule has 0 saturated carbocycles. The summed E-state index contributed by atoms with van der Waals surface area (Å²) in [5.41, 5.74) is 0.942. The Morgan fingerprint density at radius 3 is 2.22 bits per heavy atom. The summed E-state index contributed by atoms with van der Waals surface area (Å²) in [5.74, 6) is -0.456. The second kappa shape index (κ2) is 8.17. The third-order valence-corrected chi connectivity index (χ3v) is 6.33. The van der Waals surface area contributed by atoms with Crippen molar-refractivity contribution < 1.29 is 12.8 Å². The SMILES string of the molecule is CN(C)CCN(Cc1cccc2ccccc12)S(=O)(=O)c1ccc(F)cc1. The molecule has 0 fully saturated rings. The summed E-state index contributed by atoms with van der Waals surface area (Å²) in [5, 5.41) is 2.10. The van der Waals surface area contributed by atoms with Crippen molar-refractivity contribution in [1.29, 1.82) is 0 Å². The Labute approximate surface area is 159 Å². The van der Waals surface area contributed by atoms with Crippen molar-refractivity contribution in [3.05, 3.63) is 78.1 Å². The molecule has 0 saturated heterocycles. The molecule has 0 aliphatic heterocycles. The Morgan fingerprint density at radius 1 is 0.852 bits per heavy atom. The van der Waals surface area contributed by atoms with E-state index in [1.54, 1.807) is 0 Å². The van der Waals surface area contributed by atoms with Gasteiger partial charge in [-0.2, -0.15) is 4.31 Å². The van der Waals surface area contributed by atoms with Crippen LogP contribution in [-0.4, -0.2) is 44.8 Å². The maximum Gasteiger partial charge on any atom is 0.243 e. The summed E-state index contributed by atoms with van der Waals surface area (Å²) < 4.78 is 41.1. The molecular formula is C21H23FN2O2S. The number of likely N-dealkylation sites (N-methyl/N-ethyl adjacent to an activating group) is 1. The molecule has 0 amide bonds. The van der Waals surface area contributed by atoms with Crippen LogP contribution in [0.1, 0.15) is 5.56 Å². The van der Waals surface area contributed by atoms with Gasteiger partial charge in [0.1, 0.15) is 5.82 Å². The van der Waals surface area contributed by atoms with Gasteiger partial charge in [-0.05, 0) is 54.7 Å². The lowest BCUT2D eigenvalue weighted by molar-refractivity contribution is 0.330. The zero-order chi connectivity index (χ0) is 19.4. The molecule has 0 aliphatic rings. The molecule has 0 radical (unpaired) electrons. The number of hydrogen-bond acceptors (Lipinski definition) is 3. The van der Waals surface area contributed by atoms with E-state index in [9.17, 15) is 12.8 Å². The van der Waals surface area contributed by atoms with Crippen molar-refractivity contribution in [2.75, 3.05) is 27.2 Å². The number of sulfonamides is 1. The lowest BCUT2D eigenvalue weighted by atomic mass is 10.0. The maximum absolute atomic E-state index is 13.2. The van der Waals surface area contributed by atoms with Gasteiger partial charge in [-0.15, -0.1) is 0 Å². The summed E-state index contributed by atoms with van der Waals surface area (Å²) >= 11 is 0. The monoisotopic (exact) mass is 386 g/mol. The topological polar surface area (TPSA) is 40.6 Å². The van der Waals surface area contributed by atoms with E-state index in [2.05, 4.69) is 0 Å². The summed E-state index contributed by atoms with van der Waals surface area (Å²) in [4.78, 5) is 2.04. The summed E-state index contributed by atoms with van der Waals surface area (Å²) in [6.07, 6.45) is 0. The molecule has 0 aliphatic carbocycles. The Bertz CT molecular complexity index is 1010. The highest BCUT2D eigenvalue weighted by atomic mass is 32.2. The third kappa shape index (κ3) is 4.53. The van der Waals surface area contributed by atoms with Crippen LogP contribution in [-0.2, 0) is 16.6 Å². The van der Waals surface area contributed by atoms with Gasteiger partial charge in [0.15, 0.2) is 0 Å². The fourth-order valence-corrected chi connectivity index (χ4v) is 4.38. The summed E-state index contributed by atoms with van der Waals surface area (Å²) in [6, 6.07) is 18.8. The van der Waals surface area contributed by atoms with Crippen molar-refractivity contribution in [3.8, 4) is 0 Å². The van der Waals surface area contributed by atoms with E-state index in [1.165, 1.54) is 28.6 Å². The molecule has 0 N–H and O–H groups in total. The highest BCUT2D eigenvalue weighted by molar-refractivity contribution is 7.89. The molecule has 4 nitrogen and oxygen atoms in total. The van der Waals surface area contributed by atoms with E-state index >= 15 is 0 Å². The first-order valence-electron chi connectivity index (χ1n) is 8.75. The van der Waals surface area contributed by atoms with E-state index in [0.29, 0.717) is 13.1 Å². The van der Waals surface area contributed by atoms with Gasteiger partial charge in [0.2, 0.25) is 10.0 Å². The number of fused-ring (bicyclic) bond motifs is 1. The van der Waals surface area contributed by atoms with Crippen LogP contribution in [0.2, 0.25) is 0 Å². The molecule has 0 heterocycles. The van der Waals surface area contributed by atoms with Crippen LogP contribution in [0.5, 0.6) is 0 Å². The molecule has 27 heavy (non-hydrogen) atoms. The standard InChI is InChI=1S/C21H23FN2O2S/c1-23(2)14-15-24(27(25,26)20-12-10-19(22)11-13-20)16-18-8-5-7-17-6-3-4-9-21(17)18/h3-13H,14-16H2,1-2H3. The fourth-order valence-electron chi connectivity index (χ4n) is 2.97. The number of hydrogen-bond donors (Lipinski definition) is 0. The molecule has 3 rings (SSSR count). The van der Waals surface area contributed by atoms with Crippen molar-refractivity contribution in [3.63, 3.8) is 0 Å². The van der Waals surface area contributed by atoms with Crippen LogP contribution in [0.15, 0.2) is 71.6 Å². The normalized spacial score (nSPS) is 12.2. The number of nitrogens with zero attached hydrogens (tertiary/aromatic N) is 2. The fraction of sp³-hybridized carbons (Fsp3) is 0.238. The van der Waals surface area contributed by atoms with Crippen LogP contribution in [0.25, 0.3) is 10.8 Å². The molecule has 142 valence electrons. The zero-order valence-electron chi connectivity index (χ0n) is 15.5. The van der Waals surface area contributed by atoms with Gasteiger partial charge in [0, 0.05) is 19.6 Å². The Balaban J connectivity index is 1.99. The van der Waals surface area contributed by atoms with Crippen LogP contribution in [0.3, 0.4) is 0 Å². The van der Waals surface area contributed by atoms with Crippen LogP contribution in [0.4, 0.5) is 4.39 Å². The number of halogens is 1. The molecule has 3 aromatic carbocycles. The molecule has 6 heteroatoms. The molecule has 0 bridgehead atoms. The largest absolute Gasteiger partial charge is 0.308 e. The minimum Gasteiger partial charge on any atom is -0.308 e. The van der Waals surface area contributed by atoms with Crippen molar-refractivity contribution in [1.82, 2.24) is 9.21 Å². The second-order valence-electron chi connectivity index (χ2n) is 6.73. The van der Waals surface area contributed by atoms with Crippen molar-refractivity contribution in [2.45, 2.75) is 11.4 Å². The number of rotatable bonds is 7. The van der Waals surface area contributed by atoms with E-state index in [4.69, 9.17) is 0 Å². The van der Waals surface area contributed by atoms with Gasteiger partial charge >= 0.3 is 0 Å². The van der Waals surface area contributed by atoms with Crippen molar-refractivity contribution >= 4 is 20.8 Å². The molecular weight excluding hydrogens is 363 g/mol. The lowest BCUT2D eigenvalue weighted by Crippen LogP contribution is -2.36. The molecule has 3 aromatic rings. The van der Waals surface area contributed by atoms with E-state index < -0.39 is 15.8 Å². The van der Waals surface area contributed by atoms with E-state index in [-0.39, 0.29) is 11.4 Å². The first kappa shape index (κ1) is 19.5. The second-order valence-corrected chi connectivity index (χ2v) is 8.67. The van der Waals surface area contributed by atoms with Gasteiger partial charge in [-0.3, -0.25) is 0 Å². The Kier molecular flexibility index (Phi) is 5.89. The first-order valence-corrected chi connectivity index (χ1v) is 10.2. The average Bonchev–Trinajstić information content (AvgIpc) is 2.65. The predicted molar refractivity (Wildman–Crippen MR) is 106 cm³/mol. The molecule has 0 aromatic heterocycles. The maximum atomic E-state index is 13.2. The van der Waals surface area contributed by atoms with Gasteiger partial charge in [0.25, 0.3) is 0 Å². The Hall–Kier alpha value is -2.28. The van der Waals surface area contributed by atoms with Crippen LogP contribution < -0.4 is 0 Å². The molecule has 0 atom stereocenters. The minimum atomic E-state index is -3.74. The third-order valence-electron chi connectivity index (χ3n) is 4.47. The minimum absolute atomic E-state index is 0.0999. The van der Waals surface area contributed by atoms with Gasteiger partial charge < -0.3 is 4.90 Å². The van der Waals surface area contributed by atoms with Crippen LogP contribution in [0, 0.1) is 5.82 Å². The van der Waals surface area contributed by atoms with E-state index in [1.807, 2.05) is 61.5 Å². The summed E-state index contributed by atoms with van der Waals surface area (Å²) in [7, 11) is 0.0664. The average molecular weight is 386 g/mol. The quantitative estimate of drug-likeness (QED) is 0.621. The zero-order valence-corrected chi connectivity index (χ0v) is 16.3. The molecule has 0 unspecified atom stereocenters. The highest BCUT2D eigenvalue weighted by Gasteiger charge is 2.25. The number of benzene rings is 3. The first-order chi connectivity index (χ1) is 12.9. The Morgan fingerprint density at radius 2 is 1.52 bits per heavy atom.